The predicted molar refractivity (Wildman–Crippen MR) is 159 cm³/mol. The number of halogens is 3. The van der Waals surface area contributed by atoms with E-state index in [1.54, 1.807) is 0 Å². The lowest BCUT2D eigenvalue weighted by atomic mass is 10.2. The van der Waals surface area contributed by atoms with Crippen molar-refractivity contribution in [1.29, 1.82) is 0 Å². The average Bonchev–Trinajstić information content (AvgIpc) is 3.20. The molecule has 0 fully saturated rings. The highest BCUT2D eigenvalue weighted by Gasteiger charge is 2.29. The van der Waals surface area contributed by atoms with E-state index in [9.17, 15) is 26.4 Å². The molecule has 0 aliphatic carbocycles. The van der Waals surface area contributed by atoms with Gasteiger partial charge in [-0.25, -0.2) is 13.2 Å². The summed E-state index contributed by atoms with van der Waals surface area (Å²) in [5.41, 5.74) is 0.323. The SMILES string of the molecule is COCCCOc1cc(OCC(F)(F)F)cc(Oc2cc3c(cc2NS(=O)(=O)c2ccc(OC)c(OC)c2)n(C)c(=O)n3C)c1. The first-order valence-corrected chi connectivity index (χ1v) is 14.8. The van der Waals surface area contributed by atoms with E-state index in [2.05, 4.69) is 4.72 Å². The normalized spacial score (nSPS) is 11.8. The van der Waals surface area contributed by atoms with Crippen molar-refractivity contribution in [3.8, 4) is 34.5 Å². The first-order chi connectivity index (χ1) is 21.3. The summed E-state index contributed by atoms with van der Waals surface area (Å²) in [5.74, 6) is 0.337. The number of hydrogen-bond donors (Lipinski definition) is 1. The van der Waals surface area contributed by atoms with Gasteiger partial charge in [0.2, 0.25) is 0 Å². The lowest BCUT2D eigenvalue weighted by molar-refractivity contribution is -0.153. The minimum Gasteiger partial charge on any atom is -0.493 e. The number of aryl methyl sites for hydroxylation is 2. The van der Waals surface area contributed by atoms with E-state index < -0.39 is 22.8 Å². The van der Waals surface area contributed by atoms with Gasteiger partial charge in [-0.2, -0.15) is 13.2 Å². The molecule has 1 N–H and O–H groups in total. The van der Waals surface area contributed by atoms with Crippen molar-refractivity contribution in [2.45, 2.75) is 17.5 Å². The number of alkyl halides is 3. The van der Waals surface area contributed by atoms with Crippen LogP contribution in [0.15, 0.2) is 58.2 Å². The highest BCUT2D eigenvalue weighted by molar-refractivity contribution is 7.92. The Kier molecular flexibility index (Phi) is 10.1. The number of fused-ring (bicyclic) bond motifs is 1. The maximum absolute atomic E-state index is 13.5. The third-order valence-electron chi connectivity index (χ3n) is 6.53. The average molecular weight is 656 g/mol. The molecule has 12 nitrogen and oxygen atoms in total. The molecule has 0 aliphatic rings. The number of ether oxygens (including phenoxy) is 6. The van der Waals surface area contributed by atoms with E-state index in [1.165, 1.54) is 93.1 Å². The van der Waals surface area contributed by atoms with Crippen LogP contribution in [0.3, 0.4) is 0 Å². The zero-order chi connectivity index (χ0) is 32.9. The van der Waals surface area contributed by atoms with Gasteiger partial charge in [0.25, 0.3) is 10.0 Å². The number of methoxy groups -OCH3 is 3. The second-order valence-electron chi connectivity index (χ2n) is 9.70. The molecule has 0 unspecified atom stereocenters. The van der Waals surface area contributed by atoms with E-state index in [1.807, 2.05) is 0 Å². The Balaban J connectivity index is 1.79. The van der Waals surface area contributed by atoms with Crippen LogP contribution in [0.4, 0.5) is 18.9 Å². The number of hydrogen-bond acceptors (Lipinski definition) is 9. The van der Waals surface area contributed by atoms with E-state index in [0.717, 1.165) is 0 Å². The van der Waals surface area contributed by atoms with Gasteiger partial charge >= 0.3 is 11.9 Å². The number of anilines is 1. The van der Waals surface area contributed by atoms with Crippen molar-refractivity contribution < 1.29 is 50.0 Å². The molecular formula is C29H32F3N3O9S. The van der Waals surface area contributed by atoms with Crippen molar-refractivity contribution in [2.75, 3.05) is 45.9 Å². The molecular weight excluding hydrogens is 623 g/mol. The fraction of sp³-hybridized carbons (Fsp3) is 0.345. The van der Waals surface area contributed by atoms with E-state index in [-0.39, 0.29) is 51.6 Å². The Labute approximate surface area is 256 Å². The first-order valence-electron chi connectivity index (χ1n) is 13.3. The van der Waals surface area contributed by atoms with E-state index >= 15 is 0 Å². The van der Waals surface area contributed by atoms with Crippen LogP contribution in [0.1, 0.15) is 6.42 Å². The summed E-state index contributed by atoms with van der Waals surface area (Å²) in [5, 5.41) is 0. The van der Waals surface area contributed by atoms with Gasteiger partial charge in [0.05, 0.1) is 42.4 Å². The third-order valence-corrected chi connectivity index (χ3v) is 7.89. The van der Waals surface area contributed by atoms with Crippen molar-refractivity contribution in [1.82, 2.24) is 9.13 Å². The summed E-state index contributed by atoms with van der Waals surface area (Å²) in [6.45, 7) is -0.981. The molecule has 16 heteroatoms. The van der Waals surface area contributed by atoms with Crippen molar-refractivity contribution in [3.05, 3.63) is 59.0 Å². The third kappa shape index (κ3) is 7.94. The van der Waals surface area contributed by atoms with Crippen LogP contribution in [-0.4, -0.2) is 64.9 Å². The van der Waals surface area contributed by atoms with Gasteiger partial charge in [0.1, 0.15) is 17.2 Å². The molecule has 1 aromatic heterocycles. The minimum atomic E-state index is -4.60. The lowest BCUT2D eigenvalue weighted by Gasteiger charge is -2.17. The Hall–Kier alpha value is -4.57. The second kappa shape index (κ2) is 13.6. The number of nitrogens with one attached hydrogen (secondary N) is 1. The summed E-state index contributed by atoms with van der Waals surface area (Å²) in [7, 11) is 3.06. The molecule has 0 saturated heterocycles. The molecule has 45 heavy (non-hydrogen) atoms. The topological polar surface area (TPSA) is 128 Å². The fourth-order valence-electron chi connectivity index (χ4n) is 4.33. The summed E-state index contributed by atoms with van der Waals surface area (Å²) < 4.78 is 103. The molecule has 4 aromatic rings. The zero-order valence-electron chi connectivity index (χ0n) is 25.1. The number of benzene rings is 3. The van der Waals surface area contributed by atoms with Gasteiger partial charge < -0.3 is 28.4 Å². The highest BCUT2D eigenvalue weighted by Crippen LogP contribution is 2.38. The van der Waals surface area contributed by atoms with Gasteiger partial charge in [-0.15, -0.1) is 0 Å². The molecule has 0 atom stereocenters. The highest BCUT2D eigenvalue weighted by atomic mass is 32.2. The van der Waals surface area contributed by atoms with Gasteiger partial charge in [-0.05, 0) is 18.2 Å². The summed E-state index contributed by atoms with van der Waals surface area (Å²) in [6.07, 6.45) is -4.10. The van der Waals surface area contributed by atoms with Gasteiger partial charge in [-0.1, -0.05) is 0 Å². The number of aromatic nitrogens is 2. The molecule has 0 amide bonds. The fourth-order valence-corrected chi connectivity index (χ4v) is 5.41. The number of nitrogens with zero attached hydrogens (tertiary/aromatic N) is 2. The number of sulfonamides is 1. The number of rotatable bonds is 14. The van der Waals surface area contributed by atoms with Crippen LogP contribution in [0.5, 0.6) is 34.5 Å². The number of imidazole rings is 1. The van der Waals surface area contributed by atoms with Crippen LogP contribution >= 0.6 is 0 Å². The minimum absolute atomic E-state index is 0.0248. The van der Waals surface area contributed by atoms with Crippen molar-refractivity contribution in [3.63, 3.8) is 0 Å². The Bertz CT molecular complexity index is 1840. The Morgan fingerprint density at radius 3 is 2.02 bits per heavy atom. The first kappa shape index (κ1) is 33.3. The monoisotopic (exact) mass is 655 g/mol. The molecule has 3 aromatic carbocycles. The molecule has 0 spiro atoms. The lowest BCUT2D eigenvalue weighted by Crippen LogP contribution is -2.19. The smallest absolute Gasteiger partial charge is 0.422 e. The molecule has 244 valence electrons. The summed E-state index contributed by atoms with van der Waals surface area (Å²) >= 11 is 0. The van der Waals surface area contributed by atoms with Crippen LogP contribution in [0.25, 0.3) is 11.0 Å². The second-order valence-corrected chi connectivity index (χ2v) is 11.4. The molecule has 1 heterocycles. The summed E-state index contributed by atoms with van der Waals surface area (Å²) in [6, 6.07) is 10.7. The van der Waals surface area contributed by atoms with E-state index in [4.69, 9.17) is 28.4 Å². The summed E-state index contributed by atoms with van der Waals surface area (Å²) in [4.78, 5) is 12.5. The largest absolute Gasteiger partial charge is 0.493 e. The standard InChI is InChI=1S/C29H32F3N3O9S/c1-34-23-15-22(33-45(37,38)21-7-8-25(40-4)27(14-21)41-5)26(16-24(23)35(2)28(34)36)44-20-12-18(42-10-6-9-39-3)11-19(13-20)43-17-29(30,31)32/h7-8,11-16,33H,6,9-10,17H2,1-5H3. The van der Waals surface area contributed by atoms with Gasteiger partial charge in [0.15, 0.2) is 23.9 Å². The van der Waals surface area contributed by atoms with Gasteiger partial charge in [0, 0.05) is 64.6 Å². The zero-order valence-corrected chi connectivity index (χ0v) is 25.9. The molecule has 0 bridgehead atoms. The molecule has 0 aliphatic heterocycles. The molecule has 0 radical (unpaired) electrons. The Morgan fingerprint density at radius 1 is 0.778 bits per heavy atom. The van der Waals surface area contributed by atoms with Crippen LogP contribution < -0.4 is 34.1 Å². The van der Waals surface area contributed by atoms with E-state index in [0.29, 0.717) is 29.8 Å². The quantitative estimate of drug-likeness (QED) is 0.190. The maximum Gasteiger partial charge on any atom is 0.422 e. The van der Waals surface area contributed by atoms with Crippen molar-refractivity contribution in [2.24, 2.45) is 14.1 Å². The Morgan fingerprint density at radius 2 is 1.40 bits per heavy atom. The molecule has 4 rings (SSSR count). The van der Waals surface area contributed by atoms with Crippen LogP contribution in [0, 0.1) is 0 Å². The van der Waals surface area contributed by atoms with Crippen molar-refractivity contribution >= 4 is 26.7 Å². The molecule has 0 saturated carbocycles. The maximum atomic E-state index is 13.5. The predicted octanol–water partition coefficient (Wildman–Crippen LogP) is 4.84. The van der Waals surface area contributed by atoms with Gasteiger partial charge in [-0.3, -0.25) is 13.9 Å². The van der Waals surface area contributed by atoms with Crippen LogP contribution in [-0.2, 0) is 28.9 Å². The van der Waals surface area contributed by atoms with Crippen LogP contribution in [0.2, 0.25) is 0 Å².